The predicted molar refractivity (Wildman–Crippen MR) is 97.9 cm³/mol. The van der Waals surface area contributed by atoms with Crippen LogP contribution in [-0.2, 0) is 11.2 Å². The van der Waals surface area contributed by atoms with Gasteiger partial charge in [-0.25, -0.2) is 9.59 Å². The van der Waals surface area contributed by atoms with Gasteiger partial charge in [0, 0.05) is 6.54 Å². The number of fused-ring (bicyclic) bond motifs is 2. The zero-order chi connectivity index (χ0) is 18.7. The molecule has 0 saturated heterocycles. The van der Waals surface area contributed by atoms with Crippen LogP contribution in [0.1, 0.15) is 57.7 Å². The number of nitrogens with zero attached hydrogens (tertiary/aromatic N) is 1. The summed E-state index contributed by atoms with van der Waals surface area (Å²) in [5, 5.41) is 6.10. The van der Waals surface area contributed by atoms with Gasteiger partial charge in [0.15, 0.2) is 0 Å². The van der Waals surface area contributed by atoms with Crippen LogP contribution >= 0.6 is 0 Å². The number of benzene rings is 1. The van der Waals surface area contributed by atoms with Crippen LogP contribution < -0.4 is 10.6 Å². The van der Waals surface area contributed by atoms with Crippen LogP contribution in [0.15, 0.2) is 24.3 Å². The lowest BCUT2D eigenvalue weighted by atomic mass is 9.94. The molecule has 26 heavy (non-hydrogen) atoms. The van der Waals surface area contributed by atoms with E-state index in [1.165, 1.54) is 11.1 Å². The van der Waals surface area contributed by atoms with E-state index in [0.29, 0.717) is 6.54 Å². The van der Waals surface area contributed by atoms with Crippen molar-refractivity contribution < 1.29 is 14.3 Å². The number of urea groups is 1. The number of rotatable bonds is 2. The zero-order valence-corrected chi connectivity index (χ0v) is 15.9. The molecule has 2 aliphatic carbocycles. The first-order valence-corrected chi connectivity index (χ1v) is 9.33. The fourth-order valence-corrected chi connectivity index (χ4v) is 4.13. The third-order valence-corrected chi connectivity index (χ3v) is 5.82. The number of carbonyl (C=O) groups is 2. The van der Waals surface area contributed by atoms with Gasteiger partial charge in [0.05, 0.1) is 17.1 Å². The van der Waals surface area contributed by atoms with Crippen molar-refractivity contribution in [3.8, 4) is 0 Å². The number of amides is 3. The predicted octanol–water partition coefficient (Wildman–Crippen LogP) is 3.13. The Morgan fingerprint density at radius 3 is 2.50 bits per heavy atom. The number of ether oxygens (including phenoxy) is 1. The molecule has 2 fully saturated rings. The SMILES string of the molecule is C[C@H]1c2ccccc2CCN1C(=O)NC12CC1(NC(=O)OC(C)(C)C)C2. The van der Waals surface area contributed by atoms with Gasteiger partial charge >= 0.3 is 12.1 Å². The summed E-state index contributed by atoms with van der Waals surface area (Å²) in [7, 11) is 0. The highest BCUT2D eigenvalue weighted by Crippen LogP contribution is 2.70. The van der Waals surface area contributed by atoms with Crippen LogP contribution in [-0.4, -0.2) is 40.2 Å². The zero-order valence-electron chi connectivity index (χ0n) is 15.9. The lowest BCUT2D eigenvalue weighted by Gasteiger charge is -2.35. The van der Waals surface area contributed by atoms with Gasteiger partial charge in [-0.05, 0) is 58.1 Å². The molecule has 6 heteroatoms. The molecule has 1 aromatic carbocycles. The average molecular weight is 357 g/mol. The van der Waals surface area contributed by atoms with Gasteiger partial charge in [-0.2, -0.15) is 0 Å². The van der Waals surface area contributed by atoms with Crippen molar-refractivity contribution in [2.45, 2.75) is 69.7 Å². The molecule has 2 N–H and O–H groups in total. The fourth-order valence-electron chi connectivity index (χ4n) is 4.13. The Morgan fingerprint density at radius 1 is 1.15 bits per heavy atom. The molecule has 1 heterocycles. The van der Waals surface area contributed by atoms with Gasteiger partial charge in [0.25, 0.3) is 0 Å². The molecule has 3 amide bonds. The van der Waals surface area contributed by atoms with E-state index in [0.717, 1.165) is 19.3 Å². The molecule has 6 nitrogen and oxygen atoms in total. The van der Waals surface area contributed by atoms with Gasteiger partial charge < -0.3 is 20.3 Å². The quantitative estimate of drug-likeness (QED) is 0.854. The van der Waals surface area contributed by atoms with Crippen molar-refractivity contribution >= 4 is 12.1 Å². The number of hydrogen-bond donors (Lipinski definition) is 2. The van der Waals surface area contributed by atoms with E-state index in [4.69, 9.17) is 4.74 Å². The van der Waals surface area contributed by atoms with E-state index in [1.54, 1.807) is 0 Å². The van der Waals surface area contributed by atoms with E-state index in [-0.39, 0.29) is 23.2 Å². The van der Waals surface area contributed by atoms with E-state index in [2.05, 4.69) is 29.7 Å². The molecular formula is C20H27N3O3. The number of carbonyl (C=O) groups excluding carboxylic acids is 2. The second-order valence-corrected chi connectivity index (χ2v) is 8.89. The van der Waals surface area contributed by atoms with E-state index in [1.807, 2.05) is 37.8 Å². The van der Waals surface area contributed by atoms with Crippen LogP contribution in [0.4, 0.5) is 9.59 Å². The maximum Gasteiger partial charge on any atom is 0.408 e. The van der Waals surface area contributed by atoms with Gasteiger partial charge in [-0.3, -0.25) is 0 Å². The van der Waals surface area contributed by atoms with Gasteiger partial charge in [-0.1, -0.05) is 24.3 Å². The Bertz CT molecular complexity index is 762. The third-order valence-electron chi connectivity index (χ3n) is 5.82. The maximum absolute atomic E-state index is 12.8. The molecule has 0 radical (unpaired) electrons. The first-order chi connectivity index (χ1) is 12.1. The van der Waals surface area contributed by atoms with E-state index in [9.17, 15) is 9.59 Å². The number of alkyl carbamates (subject to hydrolysis) is 1. The van der Waals surface area contributed by atoms with Crippen molar-refractivity contribution in [1.29, 1.82) is 0 Å². The second kappa shape index (κ2) is 5.38. The third kappa shape index (κ3) is 2.81. The summed E-state index contributed by atoms with van der Waals surface area (Å²) in [6.45, 7) is 8.31. The smallest absolute Gasteiger partial charge is 0.408 e. The van der Waals surface area contributed by atoms with Gasteiger partial charge in [0.1, 0.15) is 5.60 Å². The molecular weight excluding hydrogens is 330 g/mol. The molecule has 1 aromatic rings. The first-order valence-electron chi connectivity index (χ1n) is 9.33. The molecule has 0 aromatic heterocycles. The minimum absolute atomic E-state index is 0.0441. The fraction of sp³-hybridized carbons (Fsp3) is 0.600. The monoisotopic (exact) mass is 357 g/mol. The summed E-state index contributed by atoms with van der Waals surface area (Å²) in [5.74, 6) is 0. The molecule has 140 valence electrons. The van der Waals surface area contributed by atoms with Gasteiger partial charge in [0.2, 0.25) is 0 Å². The minimum atomic E-state index is -0.521. The molecule has 3 aliphatic rings. The van der Waals surface area contributed by atoms with Crippen LogP contribution in [0.5, 0.6) is 0 Å². The summed E-state index contributed by atoms with van der Waals surface area (Å²) in [6.07, 6.45) is 2.03. The van der Waals surface area contributed by atoms with Crippen molar-refractivity contribution in [1.82, 2.24) is 15.5 Å². The Kier molecular flexibility index (Phi) is 3.56. The van der Waals surface area contributed by atoms with Crippen molar-refractivity contribution in [2.24, 2.45) is 0 Å². The molecule has 1 aliphatic heterocycles. The van der Waals surface area contributed by atoms with Crippen LogP contribution in [0.2, 0.25) is 0 Å². The molecule has 4 rings (SSSR count). The number of hydrogen-bond acceptors (Lipinski definition) is 3. The second-order valence-electron chi connectivity index (χ2n) is 8.89. The summed E-state index contributed by atoms with van der Waals surface area (Å²) in [6, 6.07) is 8.31. The minimum Gasteiger partial charge on any atom is -0.444 e. The molecule has 0 spiro atoms. The van der Waals surface area contributed by atoms with Crippen LogP contribution in [0.3, 0.4) is 0 Å². The lowest BCUT2D eigenvalue weighted by molar-refractivity contribution is 0.0511. The molecule has 0 bridgehead atoms. The molecule has 0 unspecified atom stereocenters. The summed E-state index contributed by atoms with van der Waals surface area (Å²) < 4.78 is 5.33. The highest BCUT2D eigenvalue weighted by atomic mass is 16.6. The van der Waals surface area contributed by atoms with Crippen LogP contribution in [0, 0.1) is 0 Å². The highest BCUT2D eigenvalue weighted by molar-refractivity contribution is 5.81. The topological polar surface area (TPSA) is 70.7 Å². The summed E-state index contributed by atoms with van der Waals surface area (Å²) >= 11 is 0. The Labute approximate surface area is 154 Å². The standard InChI is InChI=1S/C20H27N3O3/c1-13-15-8-6-5-7-14(15)9-10-23(13)16(24)21-19-11-20(19,12-19)22-17(25)26-18(2,3)4/h5-8,13H,9-12H2,1-4H3,(H,21,24)(H,22,25)/t13-,19?,20?/m0/s1. The largest absolute Gasteiger partial charge is 0.444 e. The normalized spacial score (nSPS) is 31.4. The Balaban J connectivity index is 1.36. The molecule has 1 atom stereocenters. The van der Waals surface area contributed by atoms with Crippen molar-refractivity contribution in [2.75, 3.05) is 6.54 Å². The van der Waals surface area contributed by atoms with Crippen molar-refractivity contribution in [3.05, 3.63) is 35.4 Å². The maximum atomic E-state index is 12.8. The van der Waals surface area contributed by atoms with Gasteiger partial charge in [-0.15, -0.1) is 0 Å². The summed E-state index contributed by atoms with van der Waals surface area (Å²) in [4.78, 5) is 26.7. The van der Waals surface area contributed by atoms with Crippen molar-refractivity contribution in [3.63, 3.8) is 0 Å². The first kappa shape index (κ1) is 17.2. The van der Waals surface area contributed by atoms with E-state index < -0.39 is 11.7 Å². The molecule has 2 saturated carbocycles. The highest BCUT2D eigenvalue weighted by Gasteiger charge is 2.85. The van der Waals surface area contributed by atoms with Crippen LogP contribution in [0.25, 0.3) is 0 Å². The lowest BCUT2D eigenvalue weighted by Crippen LogP contribution is -2.47. The Hall–Kier alpha value is -2.24. The summed E-state index contributed by atoms with van der Waals surface area (Å²) in [5.41, 5.74) is 1.43. The van der Waals surface area contributed by atoms with E-state index >= 15 is 0 Å². The Morgan fingerprint density at radius 2 is 1.81 bits per heavy atom. The average Bonchev–Trinajstić information content (AvgIpc) is 3.30. The number of nitrogens with one attached hydrogen (secondary N) is 2.